The van der Waals surface area contributed by atoms with E-state index in [1.807, 2.05) is 4.90 Å². The first-order chi connectivity index (χ1) is 10.0. The zero-order chi connectivity index (χ0) is 15.0. The average molecular weight is 290 g/mol. The lowest BCUT2D eigenvalue weighted by molar-refractivity contribution is -0.135. The van der Waals surface area contributed by atoms with Gasteiger partial charge in [0.05, 0.1) is 0 Å². The third kappa shape index (κ3) is 2.77. The van der Waals surface area contributed by atoms with Crippen LogP contribution in [0.4, 0.5) is 10.1 Å². The van der Waals surface area contributed by atoms with Crippen LogP contribution in [0.3, 0.4) is 0 Å². The lowest BCUT2D eigenvalue weighted by Gasteiger charge is -2.36. The number of carbonyl (C=O) groups is 2. The van der Waals surface area contributed by atoms with E-state index < -0.39 is 0 Å². The molecule has 5 heteroatoms. The molecule has 0 radical (unpaired) electrons. The van der Waals surface area contributed by atoms with Crippen molar-refractivity contribution in [2.45, 2.75) is 19.8 Å². The van der Waals surface area contributed by atoms with Crippen molar-refractivity contribution in [1.29, 1.82) is 0 Å². The average Bonchev–Trinajstić information content (AvgIpc) is 2.69. The highest BCUT2D eigenvalue weighted by Gasteiger charge is 2.46. The van der Waals surface area contributed by atoms with E-state index in [1.54, 1.807) is 19.1 Å². The van der Waals surface area contributed by atoms with Crippen molar-refractivity contribution in [2.75, 3.05) is 18.4 Å². The summed E-state index contributed by atoms with van der Waals surface area (Å²) in [5.74, 6) is 0.0562. The maximum absolute atomic E-state index is 13.2. The Balaban J connectivity index is 1.70. The summed E-state index contributed by atoms with van der Waals surface area (Å²) in [6.45, 7) is 2.90. The second kappa shape index (κ2) is 5.47. The van der Waals surface area contributed by atoms with Crippen molar-refractivity contribution in [1.82, 2.24) is 4.90 Å². The molecular weight excluding hydrogens is 271 g/mol. The highest BCUT2D eigenvalue weighted by atomic mass is 19.1. The predicted octanol–water partition coefficient (Wildman–Crippen LogP) is 2.27. The number of halogens is 1. The number of benzene rings is 1. The van der Waals surface area contributed by atoms with E-state index in [0.29, 0.717) is 18.8 Å². The maximum atomic E-state index is 13.2. The fourth-order valence-electron chi connectivity index (χ4n) is 3.70. The number of likely N-dealkylation sites (tertiary alicyclic amines) is 1. The third-order valence-corrected chi connectivity index (χ3v) is 4.67. The van der Waals surface area contributed by atoms with Gasteiger partial charge in [0.1, 0.15) is 5.82 Å². The fourth-order valence-corrected chi connectivity index (χ4v) is 3.70. The van der Waals surface area contributed by atoms with Crippen LogP contribution in [0.2, 0.25) is 0 Å². The van der Waals surface area contributed by atoms with Crippen molar-refractivity contribution in [3.05, 3.63) is 30.1 Å². The molecule has 2 unspecified atom stereocenters. The predicted molar refractivity (Wildman–Crippen MR) is 77.0 cm³/mol. The number of rotatable bonds is 2. The van der Waals surface area contributed by atoms with Gasteiger partial charge in [-0.2, -0.15) is 0 Å². The van der Waals surface area contributed by atoms with Gasteiger partial charge in [-0.05, 0) is 42.9 Å². The molecule has 4 nitrogen and oxygen atoms in total. The van der Waals surface area contributed by atoms with Crippen LogP contribution in [0.15, 0.2) is 24.3 Å². The molecule has 1 saturated heterocycles. The summed E-state index contributed by atoms with van der Waals surface area (Å²) in [5, 5.41) is 2.81. The Morgan fingerprint density at radius 3 is 2.48 bits per heavy atom. The van der Waals surface area contributed by atoms with Gasteiger partial charge >= 0.3 is 0 Å². The lowest BCUT2D eigenvalue weighted by atomic mass is 9.84. The van der Waals surface area contributed by atoms with E-state index in [2.05, 4.69) is 5.32 Å². The van der Waals surface area contributed by atoms with Gasteiger partial charge in [0.2, 0.25) is 11.8 Å². The minimum Gasteiger partial charge on any atom is -0.342 e. The number of amides is 2. The molecule has 1 saturated carbocycles. The first-order valence-electron chi connectivity index (χ1n) is 7.36. The molecule has 112 valence electrons. The number of carbonyl (C=O) groups excluding carboxylic acids is 2. The Morgan fingerprint density at radius 1 is 1.24 bits per heavy atom. The van der Waals surface area contributed by atoms with Crippen LogP contribution in [-0.2, 0) is 9.59 Å². The number of hydrogen-bond acceptors (Lipinski definition) is 2. The number of fused-ring (bicyclic) bond motifs is 2. The first kappa shape index (κ1) is 14.0. The van der Waals surface area contributed by atoms with E-state index >= 15 is 0 Å². The van der Waals surface area contributed by atoms with Crippen molar-refractivity contribution in [3.63, 3.8) is 0 Å². The summed E-state index contributed by atoms with van der Waals surface area (Å²) < 4.78 is 13.2. The van der Waals surface area contributed by atoms with Gasteiger partial charge in [-0.1, -0.05) is 6.07 Å². The number of hydrogen-bond donors (Lipinski definition) is 1. The molecule has 3 rings (SSSR count). The molecule has 1 N–H and O–H groups in total. The molecule has 0 spiro atoms. The van der Waals surface area contributed by atoms with Crippen LogP contribution in [0, 0.1) is 23.6 Å². The van der Waals surface area contributed by atoms with E-state index in [4.69, 9.17) is 0 Å². The zero-order valence-electron chi connectivity index (χ0n) is 12.0. The van der Waals surface area contributed by atoms with Gasteiger partial charge in [0.15, 0.2) is 0 Å². The highest BCUT2D eigenvalue weighted by molar-refractivity contribution is 5.93. The van der Waals surface area contributed by atoms with Gasteiger partial charge in [-0.15, -0.1) is 0 Å². The Labute approximate surface area is 123 Å². The van der Waals surface area contributed by atoms with Gasteiger partial charge in [0, 0.05) is 31.6 Å². The summed E-state index contributed by atoms with van der Waals surface area (Å²) >= 11 is 0. The molecule has 1 aromatic rings. The summed E-state index contributed by atoms with van der Waals surface area (Å²) in [6.07, 6.45) is 1.96. The molecule has 1 aliphatic carbocycles. The zero-order valence-corrected chi connectivity index (χ0v) is 12.0. The highest BCUT2D eigenvalue weighted by Crippen LogP contribution is 2.42. The Kier molecular flexibility index (Phi) is 3.66. The summed E-state index contributed by atoms with van der Waals surface area (Å²) in [4.78, 5) is 25.8. The van der Waals surface area contributed by atoms with Gasteiger partial charge in [0.25, 0.3) is 0 Å². The summed E-state index contributed by atoms with van der Waals surface area (Å²) in [7, 11) is 0. The smallest absolute Gasteiger partial charge is 0.228 e. The minimum absolute atomic E-state index is 0.0451. The quantitative estimate of drug-likeness (QED) is 0.908. The van der Waals surface area contributed by atoms with Crippen LogP contribution in [0.25, 0.3) is 0 Å². The normalized spacial score (nSPS) is 27.5. The molecule has 2 amide bonds. The number of piperidine rings is 1. The number of nitrogens with one attached hydrogen (secondary N) is 1. The van der Waals surface area contributed by atoms with Crippen molar-refractivity contribution in [3.8, 4) is 0 Å². The fraction of sp³-hybridized carbons (Fsp3) is 0.500. The SMILES string of the molecule is CC(=O)N1CC2CCC(C1)C2C(=O)Nc1cccc(F)c1. The molecular formula is C16H19FN2O2. The van der Waals surface area contributed by atoms with E-state index in [9.17, 15) is 14.0 Å². The first-order valence-corrected chi connectivity index (χ1v) is 7.36. The van der Waals surface area contributed by atoms with Gasteiger partial charge in [-0.3, -0.25) is 9.59 Å². The second-order valence-electron chi connectivity index (χ2n) is 6.05. The minimum atomic E-state index is -0.359. The van der Waals surface area contributed by atoms with Crippen LogP contribution in [0.5, 0.6) is 0 Å². The van der Waals surface area contributed by atoms with Crippen molar-refractivity contribution in [2.24, 2.45) is 17.8 Å². The molecule has 2 aliphatic rings. The molecule has 2 fully saturated rings. The molecule has 21 heavy (non-hydrogen) atoms. The summed E-state index contributed by atoms with van der Waals surface area (Å²) in [5.41, 5.74) is 0.494. The molecule has 1 aromatic carbocycles. The molecule has 2 atom stereocenters. The lowest BCUT2D eigenvalue weighted by Crippen LogP contribution is -2.47. The van der Waals surface area contributed by atoms with Gasteiger partial charge < -0.3 is 10.2 Å². The Bertz CT molecular complexity index is 561. The molecule has 0 aromatic heterocycles. The number of anilines is 1. The van der Waals surface area contributed by atoms with E-state index in [0.717, 1.165) is 12.8 Å². The number of nitrogens with zero attached hydrogens (tertiary/aromatic N) is 1. The Morgan fingerprint density at radius 2 is 1.90 bits per heavy atom. The third-order valence-electron chi connectivity index (χ3n) is 4.67. The second-order valence-corrected chi connectivity index (χ2v) is 6.05. The van der Waals surface area contributed by atoms with Crippen LogP contribution in [0.1, 0.15) is 19.8 Å². The van der Waals surface area contributed by atoms with Crippen LogP contribution >= 0.6 is 0 Å². The van der Waals surface area contributed by atoms with E-state index in [-0.39, 0.29) is 35.4 Å². The van der Waals surface area contributed by atoms with Crippen molar-refractivity contribution < 1.29 is 14.0 Å². The van der Waals surface area contributed by atoms with E-state index in [1.165, 1.54) is 12.1 Å². The largest absolute Gasteiger partial charge is 0.342 e. The van der Waals surface area contributed by atoms with Crippen molar-refractivity contribution >= 4 is 17.5 Å². The van der Waals surface area contributed by atoms with Crippen LogP contribution < -0.4 is 5.32 Å². The molecule has 1 heterocycles. The van der Waals surface area contributed by atoms with Crippen LogP contribution in [-0.4, -0.2) is 29.8 Å². The topological polar surface area (TPSA) is 49.4 Å². The standard InChI is InChI=1S/C16H19FN2O2/c1-10(20)19-8-11-5-6-12(9-19)15(11)16(21)18-14-4-2-3-13(17)7-14/h2-4,7,11-12,15H,5-6,8-9H2,1H3,(H,18,21). The molecule has 2 bridgehead atoms. The summed E-state index contributed by atoms with van der Waals surface area (Å²) in [6, 6.07) is 5.95. The molecule has 1 aliphatic heterocycles. The van der Waals surface area contributed by atoms with Gasteiger partial charge in [-0.25, -0.2) is 4.39 Å². The monoisotopic (exact) mass is 290 g/mol. The maximum Gasteiger partial charge on any atom is 0.228 e. The Hall–Kier alpha value is -1.91.